The Bertz CT molecular complexity index is 1060. The second-order valence-electron chi connectivity index (χ2n) is 8.15. The van der Waals surface area contributed by atoms with Gasteiger partial charge in [-0.15, -0.1) is 0 Å². The summed E-state index contributed by atoms with van der Waals surface area (Å²) in [6.07, 6.45) is 2.59. The minimum absolute atomic E-state index is 0.0312. The predicted molar refractivity (Wildman–Crippen MR) is 124 cm³/mol. The monoisotopic (exact) mass is 504 g/mol. The van der Waals surface area contributed by atoms with E-state index in [0.29, 0.717) is 31.4 Å². The van der Waals surface area contributed by atoms with Crippen molar-refractivity contribution in [2.24, 2.45) is 0 Å². The van der Waals surface area contributed by atoms with E-state index < -0.39 is 42.9 Å². The first-order chi connectivity index (χ1) is 17.3. The largest absolute Gasteiger partial charge is 0.493 e. The van der Waals surface area contributed by atoms with Crippen LogP contribution in [0.1, 0.15) is 50.0 Å². The smallest absolute Gasteiger partial charge is 0.329 e. The second kappa shape index (κ2) is 12.7. The Hall–Kier alpha value is -3.89. The van der Waals surface area contributed by atoms with E-state index in [0.717, 1.165) is 0 Å². The molecule has 1 saturated heterocycles. The molecule has 1 aromatic heterocycles. The highest BCUT2D eigenvalue weighted by atomic mass is 19.1. The summed E-state index contributed by atoms with van der Waals surface area (Å²) in [4.78, 5) is 41.1. The molecule has 3 atom stereocenters. The summed E-state index contributed by atoms with van der Waals surface area (Å²) < 4.78 is 40.2. The van der Waals surface area contributed by atoms with Crippen molar-refractivity contribution >= 4 is 17.8 Å². The molecular formula is C25H29FN2O8. The molecule has 0 saturated carbocycles. The summed E-state index contributed by atoms with van der Waals surface area (Å²) in [6.45, 7) is 2.48. The zero-order valence-corrected chi connectivity index (χ0v) is 20.3. The fourth-order valence-electron chi connectivity index (χ4n) is 3.65. The average molecular weight is 505 g/mol. The van der Waals surface area contributed by atoms with E-state index >= 15 is 0 Å². The first-order valence-corrected chi connectivity index (χ1v) is 11.5. The second-order valence-corrected chi connectivity index (χ2v) is 8.15. The number of halogens is 1. The average Bonchev–Trinajstić information content (AvgIpc) is 2.91. The lowest BCUT2D eigenvalue weighted by atomic mass is 10.0. The number of aromatic nitrogens is 1. The molecule has 1 amide bonds. The van der Waals surface area contributed by atoms with Crippen molar-refractivity contribution in [1.82, 2.24) is 10.3 Å². The normalized spacial score (nSPS) is 20.1. The standard InChI is InChI=1S/C25H29FN2O8/c1-15-20(36-18-10-8-17(26)9-11-18)7-5-4-6-19(25(31)35-15)28-24(30)22-23(34-14-33-16(2)29)21(32-3)12-13-27-22/h8-13,15,19-20H,4-7,14H2,1-3H3,(H,28,30)/t15-,19-,20+/m0/s1. The van der Waals surface area contributed by atoms with Gasteiger partial charge in [0.1, 0.15) is 29.8 Å². The van der Waals surface area contributed by atoms with Crippen LogP contribution in [0.15, 0.2) is 36.5 Å². The van der Waals surface area contributed by atoms with Crippen LogP contribution in [0.4, 0.5) is 4.39 Å². The maximum atomic E-state index is 13.2. The van der Waals surface area contributed by atoms with Crippen molar-refractivity contribution in [3.05, 3.63) is 48.0 Å². The van der Waals surface area contributed by atoms with Crippen molar-refractivity contribution in [3.8, 4) is 17.2 Å². The Morgan fingerprint density at radius 1 is 1.17 bits per heavy atom. The molecule has 194 valence electrons. The van der Waals surface area contributed by atoms with Gasteiger partial charge in [-0.25, -0.2) is 14.2 Å². The van der Waals surface area contributed by atoms with Gasteiger partial charge in [-0.05, 0) is 50.5 Å². The topological polar surface area (TPSA) is 122 Å². The molecule has 36 heavy (non-hydrogen) atoms. The lowest BCUT2D eigenvalue weighted by Gasteiger charge is -2.25. The number of pyridine rings is 1. The van der Waals surface area contributed by atoms with Crippen LogP contribution in [-0.2, 0) is 19.1 Å². The van der Waals surface area contributed by atoms with E-state index in [1.807, 2.05) is 0 Å². The summed E-state index contributed by atoms with van der Waals surface area (Å²) in [5, 5.41) is 2.66. The van der Waals surface area contributed by atoms with Gasteiger partial charge in [-0.3, -0.25) is 9.59 Å². The van der Waals surface area contributed by atoms with E-state index in [1.54, 1.807) is 6.92 Å². The number of carbonyl (C=O) groups excluding carboxylic acids is 3. The maximum Gasteiger partial charge on any atom is 0.329 e. The molecule has 1 N–H and O–H groups in total. The summed E-state index contributed by atoms with van der Waals surface area (Å²) in [6, 6.07) is 6.17. The van der Waals surface area contributed by atoms with Gasteiger partial charge in [-0.2, -0.15) is 0 Å². The van der Waals surface area contributed by atoms with Gasteiger partial charge in [0.2, 0.25) is 6.79 Å². The lowest BCUT2D eigenvalue weighted by molar-refractivity contribution is -0.155. The van der Waals surface area contributed by atoms with Crippen molar-refractivity contribution in [3.63, 3.8) is 0 Å². The zero-order chi connectivity index (χ0) is 26.1. The quantitative estimate of drug-likeness (QED) is 0.427. The molecule has 1 aliphatic rings. The number of esters is 2. The molecule has 0 aliphatic carbocycles. The molecule has 1 aliphatic heterocycles. The Balaban J connectivity index is 1.69. The number of hydrogen-bond donors (Lipinski definition) is 1. The van der Waals surface area contributed by atoms with Crippen LogP contribution in [0.25, 0.3) is 0 Å². The Labute approximate surface area is 208 Å². The third-order valence-electron chi connectivity index (χ3n) is 5.52. The van der Waals surface area contributed by atoms with Crippen molar-refractivity contribution < 1.29 is 42.5 Å². The minimum Gasteiger partial charge on any atom is -0.493 e. The van der Waals surface area contributed by atoms with E-state index in [2.05, 4.69) is 10.3 Å². The van der Waals surface area contributed by atoms with Crippen LogP contribution in [0.5, 0.6) is 17.2 Å². The molecule has 2 aromatic rings. The van der Waals surface area contributed by atoms with Gasteiger partial charge in [-0.1, -0.05) is 6.42 Å². The van der Waals surface area contributed by atoms with Gasteiger partial charge >= 0.3 is 11.9 Å². The lowest BCUT2D eigenvalue weighted by Crippen LogP contribution is -2.44. The van der Waals surface area contributed by atoms with Gasteiger partial charge in [0.25, 0.3) is 5.91 Å². The van der Waals surface area contributed by atoms with Gasteiger partial charge < -0.3 is 29.0 Å². The highest BCUT2D eigenvalue weighted by Gasteiger charge is 2.31. The molecule has 1 fully saturated rings. The van der Waals surface area contributed by atoms with E-state index in [9.17, 15) is 18.8 Å². The summed E-state index contributed by atoms with van der Waals surface area (Å²) in [5.41, 5.74) is -0.139. The maximum absolute atomic E-state index is 13.2. The number of hydrogen-bond acceptors (Lipinski definition) is 9. The zero-order valence-electron chi connectivity index (χ0n) is 20.3. The van der Waals surface area contributed by atoms with Crippen LogP contribution in [0.2, 0.25) is 0 Å². The van der Waals surface area contributed by atoms with Gasteiger partial charge in [0, 0.05) is 19.2 Å². The fourth-order valence-corrected chi connectivity index (χ4v) is 3.65. The molecule has 0 spiro atoms. The van der Waals surface area contributed by atoms with Crippen LogP contribution in [0, 0.1) is 5.82 Å². The van der Waals surface area contributed by atoms with E-state index in [-0.39, 0.29) is 23.0 Å². The van der Waals surface area contributed by atoms with Crippen LogP contribution in [0.3, 0.4) is 0 Å². The SMILES string of the molecule is COc1ccnc(C(=O)N[C@H]2CCCC[C@@H](Oc3ccc(F)cc3)[C@H](C)OC2=O)c1OCOC(C)=O. The van der Waals surface area contributed by atoms with E-state index in [1.165, 1.54) is 50.6 Å². The fraction of sp³-hybridized carbons (Fsp3) is 0.440. The number of cyclic esters (lactones) is 1. The predicted octanol–water partition coefficient (Wildman–Crippen LogP) is 3.18. The molecule has 0 unspecified atom stereocenters. The highest BCUT2D eigenvalue weighted by molar-refractivity contribution is 5.98. The highest BCUT2D eigenvalue weighted by Crippen LogP contribution is 2.30. The Morgan fingerprint density at radius 2 is 1.89 bits per heavy atom. The molecule has 3 rings (SSSR count). The molecule has 0 bridgehead atoms. The van der Waals surface area contributed by atoms with Crippen molar-refractivity contribution in [2.45, 2.75) is 57.8 Å². The molecule has 1 aromatic carbocycles. The summed E-state index contributed by atoms with van der Waals surface area (Å²) >= 11 is 0. The van der Waals surface area contributed by atoms with Crippen LogP contribution >= 0.6 is 0 Å². The molecule has 2 heterocycles. The molecular weight excluding hydrogens is 475 g/mol. The number of methoxy groups -OCH3 is 1. The third kappa shape index (κ3) is 7.30. The number of carbonyl (C=O) groups is 3. The molecule has 11 heteroatoms. The van der Waals surface area contributed by atoms with E-state index in [4.69, 9.17) is 23.7 Å². The van der Waals surface area contributed by atoms with Crippen molar-refractivity contribution in [2.75, 3.05) is 13.9 Å². The molecule has 0 radical (unpaired) electrons. The number of nitrogens with zero attached hydrogens (tertiary/aromatic N) is 1. The summed E-state index contributed by atoms with van der Waals surface area (Å²) in [7, 11) is 1.39. The number of benzene rings is 1. The Morgan fingerprint density at radius 3 is 2.58 bits per heavy atom. The van der Waals surface area contributed by atoms with Crippen LogP contribution < -0.4 is 19.5 Å². The number of amides is 1. The third-order valence-corrected chi connectivity index (χ3v) is 5.52. The van der Waals surface area contributed by atoms with Crippen molar-refractivity contribution in [1.29, 1.82) is 0 Å². The minimum atomic E-state index is -0.932. The summed E-state index contributed by atoms with van der Waals surface area (Å²) in [5.74, 6) is -1.59. The van der Waals surface area contributed by atoms with Crippen LogP contribution in [-0.4, -0.2) is 55.0 Å². The first kappa shape index (κ1) is 26.7. The number of ether oxygens (including phenoxy) is 5. The molecule has 10 nitrogen and oxygen atoms in total. The number of nitrogens with one attached hydrogen (secondary N) is 1. The first-order valence-electron chi connectivity index (χ1n) is 11.5. The Kier molecular flexibility index (Phi) is 9.43. The van der Waals surface area contributed by atoms with Gasteiger partial charge in [0.05, 0.1) is 7.11 Å². The van der Waals surface area contributed by atoms with Gasteiger partial charge in [0.15, 0.2) is 17.2 Å². The number of rotatable bonds is 8.